The minimum absolute atomic E-state index is 0.215. The van der Waals surface area contributed by atoms with Gasteiger partial charge in [0.15, 0.2) is 0 Å². The van der Waals surface area contributed by atoms with Gasteiger partial charge in [0.2, 0.25) is 5.91 Å². The molecule has 1 amide bonds. The van der Waals surface area contributed by atoms with Crippen LogP contribution in [0.25, 0.3) is 0 Å². The van der Waals surface area contributed by atoms with E-state index in [0.29, 0.717) is 11.9 Å². The van der Waals surface area contributed by atoms with Crippen molar-refractivity contribution in [2.75, 3.05) is 13.1 Å². The van der Waals surface area contributed by atoms with E-state index in [2.05, 4.69) is 24.1 Å². The van der Waals surface area contributed by atoms with Crippen molar-refractivity contribution in [2.45, 2.75) is 64.0 Å². The van der Waals surface area contributed by atoms with Gasteiger partial charge in [0.1, 0.15) is 0 Å². The number of nitrogens with zero attached hydrogens (tertiary/aromatic N) is 1. The number of hydrogen-bond donors (Lipinski definition) is 1. The Labute approximate surface area is 98.6 Å². The summed E-state index contributed by atoms with van der Waals surface area (Å²) in [6.45, 7) is 6.32. The van der Waals surface area contributed by atoms with Crippen molar-refractivity contribution in [1.29, 1.82) is 0 Å². The van der Waals surface area contributed by atoms with Crippen molar-refractivity contribution < 1.29 is 4.79 Å². The Bertz CT molecular complexity index is 259. The summed E-state index contributed by atoms with van der Waals surface area (Å²) in [5.74, 6) is 0.372. The van der Waals surface area contributed by atoms with Gasteiger partial charge in [-0.05, 0) is 45.6 Å². The minimum Gasteiger partial charge on any atom is -0.338 e. The number of amides is 1. The SMILES string of the molecule is CCCC1(C(=O)N2CCCC2C)CCCN1. The molecule has 2 saturated heterocycles. The fourth-order valence-corrected chi connectivity index (χ4v) is 3.25. The maximum atomic E-state index is 12.6. The molecule has 2 atom stereocenters. The molecule has 16 heavy (non-hydrogen) atoms. The van der Waals surface area contributed by atoms with E-state index in [9.17, 15) is 4.79 Å². The van der Waals surface area contributed by atoms with Crippen LogP contribution in [-0.4, -0.2) is 35.5 Å². The van der Waals surface area contributed by atoms with E-state index in [1.807, 2.05) is 0 Å². The average molecular weight is 224 g/mol. The summed E-state index contributed by atoms with van der Waals surface area (Å²) >= 11 is 0. The van der Waals surface area contributed by atoms with Crippen LogP contribution in [0, 0.1) is 0 Å². The second-order valence-electron chi connectivity index (χ2n) is 5.35. The van der Waals surface area contributed by atoms with Crippen LogP contribution in [0.2, 0.25) is 0 Å². The largest absolute Gasteiger partial charge is 0.338 e. The van der Waals surface area contributed by atoms with Crippen molar-refractivity contribution in [3.8, 4) is 0 Å². The Morgan fingerprint density at radius 1 is 1.50 bits per heavy atom. The van der Waals surface area contributed by atoms with E-state index in [4.69, 9.17) is 0 Å². The summed E-state index contributed by atoms with van der Waals surface area (Å²) in [6, 6.07) is 0.448. The fourth-order valence-electron chi connectivity index (χ4n) is 3.25. The van der Waals surface area contributed by atoms with Crippen molar-refractivity contribution in [3.63, 3.8) is 0 Å². The van der Waals surface area contributed by atoms with E-state index in [-0.39, 0.29) is 5.54 Å². The highest BCUT2D eigenvalue weighted by Gasteiger charge is 2.44. The van der Waals surface area contributed by atoms with E-state index < -0.39 is 0 Å². The Morgan fingerprint density at radius 2 is 2.31 bits per heavy atom. The normalized spacial score (nSPS) is 34.6. The molecule has 92 valence electrons. The molecular formula is C13H24N2O. The molecule has 0 aliphatic carbocycles. The maximum absolute atomic E-state index is 12.6. The molecule has 2 aliphatic heterocycles. The number of likely N-dealkylation sites (tertiary alicyclic amines) is 1. The Morgan fingerprint density at radius 3 is 2.81 bits per heavy atom. The van der Waals surface area contributed by atoms with E-state index in [0.717, 1.165) is 38.8 Å². The van der Waals surface area contributed by atoms with Crippen molar-refractivity contribution in [1.82, 2.24) is 10.2 Å². The highest BCUT2D eigenvalue weighted by atomic mass is 16.2. The van der Waals surface area contributed by atoms with Gasteiger partial charge in [-0.2, -0.15) is 0 Å². The quantitative estimate of drug-likeness (QED) is 0.794. The molecule has 2 unspecified atom stereocenters. The molecule has 0 radical (unpaired) electrons. The van der Waals surface area contributed by atoms with Crippen LogP contribution in [-0.2, 0) is 4.79 Å². The first-order valence-electron chi connectivity index (χ1n) is 6.76. The monoisotopic (exact) mass is 224 g/mol. The second-order valence-corrected chi connectivity index (χ2v) is 5.35. The zero-order valence-electron chi connectivity index (χ0n) is 10.6. The lowest BCUT2D eigenvalue weighted by atomic mass is 9.90. The first-order chi connectivity index (χ1) is 7.69. The first-order valence-corrected chi connectivity index (χ1v) is 6.76. The molecule has 3 heteroatoms. The number of carbonyl (C=O) groups excluding carboxylic acids is 1. The molecule has 0 aromatic heterocycles. The summed E-state index contributed by atoms with van der Waals surface area (Å²) in [5, 5.41) is 3.48. The smallest absolute Gasteiger partial charge is 0.243 e. The molecule has 2 rings (SSSR count). The van der Waals surface area contributed by atoms with E-state index in [1.165, 1.54) is 12.8 Å². The molecule has 2 heterocycles. The summed E-state index contributed by atoms with van der Waals surface area (Å²) < 4.78 is 0. The molecule has 1 N–H and O–H groups in total. The van der Waals surface area contributed by atoms with Crippen LogP contribution in [0.5, 0.6) is 0 Å². The summed E-state index contributed by atoms with van der Waals surface area (Å²) in [6.07, 6.45) is 6.61. The van der Waals surface area contributed by atoms with Crippen LogP contribution >= 0.6 is 0 Å². The van der Waals surface area contributed by atoms with Gasteiger partial charge >= 0.3 is 0 Å². The molecule has 0 saturated carbocycles. The predicted octanol–water partition coefficient (Wildman–Crippen LogP) is 1.92. The van der Waals surface area contributed by atoms with Gasteiger partial charge in [-0.25, -0.2) is 0 Å². The number of hydrogen-bond acceptors (Lipinski definition) is 2. The highest BCUT2D eigenvalue weighted by molar-refractivity contribution is 5.87. The first kappa shape index (κ1) is 11.9. The van der Waals surface area contributed by atoms with Crippen LogP contribution in [0.3, 0.4) is 0 Å². The average Bonchev–Trinajstić information content (AvgIpc) is 2.87. The molecule has 0 aromatic rings. The topological polar surface area (TPSA) is 32.3 Å². The zero-order chi connectivity index (χ0) is 11.6. The van der Waals surface area contributed by atoms with Crippen LogP contribution in [0.4, 0.5) is 0 Å². The maximum Gasteiger partial charge on any atom is 0.243 e. The summed E-state index contributed by atoms with van der Waals surface area (Å²) in [5.41, 5.74) is -0.215. The van der Waals surface area contributed by atoms with Crippen molar-refractivity contribution in [2.24, 2.45) is 0 Å². The molecule has 2 fully saturated rings. The molecular weight excluding hydrogens is 200 g/mol. The second kappa shape index (κ2) is 4.74. The van der Waals surface area contributed by atoms with Gasteiger partial charge < -0.3 is 10.2 Å². The van der Waals surface area contributed by atoms with Crippen molar-refractivity contribution in [3.05, 3.63) is 0 Å². The molecule has 3 nitrogen and oxygen atoms in total. The Hall–Kier alpha value is -0.570. The van der Waals surface area contributed by atoms with Crippen LogP contribution in [0.1, 0.15) is 52.4 Å². The summed E-state index contributed by atoms with van der Waals surface area (Å²) in [4.78, 5) is 14.7. The lowest BCUT2D eigenvalue weighted by Gasteiger charge is -2.34. The lowest BCUT2D eigenvalue weighted by molar-refractivity contribution is -0.138. The van der Waals surface area contributed by atoms with Crippen LogP contribution < -0.4 is 5.32 Å². The number of rotatable bonds is 3. The van der Waals surface area contributed by atoms with Gasteiger partial charge in [-0.3, -0.25) is 4.79 Å². The lowest BCUT2D eigenvalue weighted by Crippen LogP contribution is -2.55. The third-order valence-electron chi connectivity index (χ3n) is 4.14. The van der Waals surface area contributed by atoms with Crippen LogP contribution in [0.15, 0.2) is 0 Å². The predicted molar refractivity (Wildman–Crippen MR) is 65.3 cm³/mol. The standard InChI is InChI=1S/C13H24N2O/c1-3-7-13(8-5-9-14-13)12(16)15-10-4-6-11(15)2/h11,14H,3-10H2,1-2H3. The van der Waals surface area contributed by atoms with Gasteiger partial charge in [-0.1, -0.05) is 13.3 Å². The minimum atomic E-state index is -0.215. The number of nitrogens with one attached hydrogen (secondary N) is 1. The number of carbonyl (C=O) groups is 1. The van der Waals surface area contributed by atoms with E-state index in [1.54, 1.807) is 0 Å². The molecule has 0 spiro atoms. The summed E-state index contributed by atoms with van der Waals surface area (Å²) in [7, 11) is 0. The third-order valence-corrected chi connectivity index (χ3v) is 4.14. The zero-order valence-corrected chi connectivity index (χ0v) is 10.6. The van der Waals surface area contributed by atoms with Crippen molar-refractivity contribution >= 4 is 5.91 Å². The van der Waals surface area contributed by atoms with Gasteiger partial charge in [0.05, 0.1) is 5.54 Å². The fraction of sp³-hybridized carbons (Fsp3) is 0.923. The molecule has 0 bridgehead atoms. The highest BCUT2D eigenvalue weighted by Crippen LogP contribution is 2.30. The Kier molecular flexibility index (Phi) is 3.53. The van der Waals surface area contributed by atoms with Gasteiger partial charge in [0, 0.05) is 12.6 Å². The van der Waals surface area contributed by atoms with Gasteiger partial charge in [-0.15, -0.1) is 0 Å². The Balaban J connectivity index is 2.10. The van der Waals surface area contributed by atoms with Gasteiger partial charge in [0.25, 0.3) is 0 Å². The van der Waals surface area contributed by atoms with E-state index >= 15 is 0 Å². The molecule has 2 aliphatic rings. The molecule has 0 aromatic carbocycles. The third kappa shape index (κ3) is 1.97.